The highest BCUT2D eigenvalue weighted by atomic mass is 15.3. The Morgan fingerprint density at radius 3 is 2.74 bits per heavy atom. The molecule has 0 bridgehead atoms. The molecule has 2 unspecified atom stereocenters. The molecule has 0 N–H and O–H groups in total. The van der Waals surface area contributed by atoms with Crippen LogP contribution in [0.1, 0.15) is 56.2 Å². The predicted molar refractivity (Wildman–Crippen MR) is 160 cm³/mol. The van der Waals surface area contributed by atoms with Crippen molar-refractivity contribution in [1.82, 2.24) is 19.8 Å². The van der Waals surface area contributed by atoms with Gasteiger partial charge in [-0.3, -0.25) is 4.98 Å². The Bertz CT molecular complexity index is 1390. The Morgan fingerprint density at radius 1 is 1.00 bits per heavy atom. The number of rotatable bonds is 5. The summed E-state index contributed by atoms with van der Waals surface area (Å²) in [5.41, 5.74) is 8.97. The van der Waals surface area contributed by atoms with Gasteiger partial charge in [-0.15, -0.1) is 0 Å². The van der Waals surface area contributed by atoms with E-state index in [0.29, 0.717) is 18.0 Å². The van der Waals surface area contributed by atoms with Gasteiger partial charge in [-0.2, -0.15) is 0 Å². The lowest BCUT2D eigenvalue weighted by Crippen LogP contribution is -2.39. The molecule has 7 rings (SSSR count). The van der Waals surface area contributed by atoms with E-state index in [-0.39, 0.29) is 0 Å². The number of nitrogens with zero attached hydrogens (tertiary/aromatic N) is 5. The van der Waals surface area contributed by atoms with E-state index in [1.165, 1.54) is 84.4 Å². The highest BCUT2D eigenvalue weighted by Crippen LogP contribution is 2.42. The van der Waals surface area contributed by atoms with E-state index in [9.17, 15) is 0 Å². The van der Waals surface area contributed by atoms with E-state index in [1.54, 1.807) is 0 Å². The van der Waals surface area contributed by atoms with Crippen LogP contribution in [0.15, 0.2) is 84.6 Å². The fourth-order valence-corrected chi connectivity index (χ4v) is 7.10. The molecule has 0 spiro atoms. The van der Waals surface area contributed by atoms with Gasteiger partial charge in [0.05, 0.1) is 6.04 Å². The minimum atomic E-state index is 0.307. The van der Waals surface area contributed by atoms with E-state index >= 15 is 0 Å². The van der Waals surface area contributed by atoms with Crippen molar-refractivity contribution in [2.75, 3.05) is 31.1 Å². The van der Waals surface area contributed by atoms with Crippen molar-refractivity contribution in [3.05, 3.63) is 101 Å². The zero-order valence-electron chi connectivity index (χ0n) is 23.3. The van der Waals surface area contributed by atoms with Crippen LogP contribution in [0.3, 0.4) is 0 Å². The Hall–Kier alpha value is -3.44. The Kier molecular flexibility index (Phi) is 6.48. The minimum absolute atomic E-state index is 0.307. The van der Waals surface area contributed by atoms with Gasteiger partial charge < -0.3 is 14.7 Å². The topological polar surface area (TPSA) is 35.5 Å². The predicted octanol–water partition coefficient (Wildman–Crippen LogP) is 6.24. The molecule has 4 aliphatic heterocycles. The van der Waals surface area contributed by atoms with Crippen LogP contribution in [0, 0.1) is 5.92 Å². The molecule has 0 saturated carbocycles. The van der Waals surface area contributed by atoms with Gasteiger partial charge in [-0.25, -0.2) is 4.98 Å². The number of pyridine rings is 2. The normalized spacial score (nSPS) is 26.6. The first-order valence-corrected chi connectivity index (χ1v) is 14.8. The molecule has 2 aromatic heterocycles. The molecule has 2 saturated heterocycles. The van der Waals surface area contributed by atoms with Crippen LogP contribution in [0.2, 0.25) is 0 Å². The molecule has 2 fully saturated rings. The van der Waals surface area contributed by atoms with Gasteiger partial charge in [0.1, 0.15) is 5.82 Å². The first-order chi connectivity index (χ1) is 19.1. The number of likely N-dealkylation sites (tertiary alicyclic amines) is 1. The molecule has 5 nitrogen and oxygen atoms in total. The molecule has 0 aromatic carbocycles. The summed E-state index contributed by atoms with van der Waals surface area (Å²) < 4.78 is 0. The second kappa shape index (κ2) is 10.3. The standard InChI is InChI=1S/C34H39N5/c1-24-7-8-28-21-35-13-11-30(28)31(18-24)33-19-25(2)32-20-26(12-17-39(32)33)27-9-10-34(36-22-27)38-16-5-6-29(38)23-37-14-3-4-15-37/h7,9-13,17-22,25,29,32H,3-6,8,14-16,23H2,1-2H3/t25?,29-,32?/m1/s1. The Morgan fingerprint density at radius 2 is 1.90 bits per heavy atom. The summed E-state index contributed by atoms with van der Waals surface area (Å²) in [6.07, 6.45) is 26.3. The SMILES string of the molecule is CC1=CCc2cnccc2C(C2=CC(C)C3C=C(c4ccc(N5CCC[C@@H]5CN5CCCC5)nc4)C=CN23)=C1. The van der Waals surface area contributed by atoms with Gasteiger partial charge in [-0.1, -0.05) is 30.7 Å². The highest BCUT2D eigenvalue weighted by molar-refractivity contribution is 5.85. The number of hydrogen-bond acceptors (Lipinski definition) is 5. The maximum Gasteiger partial charge on any atom is 0.128 e. The molecule has 5 aliphatic rings. The molecular weight excluding hydrogens is 478 g/mol. The summed E-state index contributed by atoms with van der Waals surface area (Å²) in [4.78, 5) is 17.0. The van der Waals surface area contributed by atoms with Crippen molar-refractivity contribution in [3.8, 4) is 0 Å². The van der Waals surface area contributed by atoms with Crippen molar-refractivity contribution >= 4 is 17.0 Å². The average molecular weight is 518 g/mol. The van der Waals surface area contributed by atoms with Gasteiger partial charge >= 0.3 is 0 Å². The van der Waals surface area contributed by atoms with Crippen molar-refractivity contribution in [2.24, 2.45) is 5.92 Å². The maximum atomic E-state index is 4.98. The highest BCUT2D eigenvalue weighted by Gasteiger charge is 2.34. The summed E-state index contributed by atoms with van der Waals surface area (Å²) in [5.74, 6) is 1.55. The van der Waals surface area contributed by atoms with E-state index < -0.39 is 0 Å². The lowest BCUT2D eigenvalue weighted by molar-refractivity contribution is 0.313. The third-order valence-corrected chi connectivity index (χ3v) is 9.23. The summed E-state index contributed by atoms with van der Waals surface area (Å²) in [5, 5.41) is 0. The van der Waals surface area contributed by atoms with E-state index in [2.05, 4.69) is 94.5 Å². The molecule has 6 heterocycles. The van der Waals surface area contributed by atoms with E-state index in [1.807, 2.05) is 12.4 Å². The molecule has 3 atom stereocenters. The minimum Gasteiger partial charge on any atom is -0.352 e. The van der Waals surface area contributed by atoms with Crippen molar-refractivity contribution in [1.29, 1.82) is 0 Å². The number of aromatic nitrogens is 2. The van der Waals surface area contributed by atoms with Crippen molar-refractivity contribution in [3.63, 3.8) is 0 Å². The van der Waals surface area contributed by atoms with Crippen LogP contribution in [-0.4, -0.2) is 58.0 Å². The van der Waals surface area contributed by atoms with E-state index in [4.69, 9.17) is 4.98 Å². The average Bonchev–Trinajstić information content (AvgIpc) is 3.70. The Balaban J connectivity index is 1.10. The zero-order valence-corrected chi connectivity index (χ0v) is 23.3. The molecular formula is C34H39N5. The molecule has 2 aromatic rings. The summed E-state index contributed by atoms with van der Waals surface area (Å²) >= 11 is 0. The van der Waals surface area contributed by atoms with Crippen LogP contribution in [-0.2, 0) is 6.42 Å². The number of fused-ring (bicyclic) bond motifs is 2. The van der Waals surface area contributed by atoms with E-state index in [0.717, 1.165) is 18.8 Å². The molecule has 200 valence electrons. The second-order valence-electron chi connectivity index (χ2n) is 11.9. The summed E-state index contributed by atoms with van der Waals surface area (Å²) in [6, 6.07) is 7.60. The molecule has 1 aliphatic carbocycles. The fourth-order valence-electron chi connectivity index (χ4n) is 7.10. The first-order valence-electron chi connectivity index (χ1n) is 14.8. The number of hydrogen-bond donors (Lipinski definition) is 0. The van der Waals surface area contributed by atoms with Gasteiger partial charge in [-0.05, 0) is 105 Å². The summed E-state index contributed by atoms with van der Waals surface area (Å²) in [7, 11) is 0. The maximum absolute atomic E-state index is 4.98. The van der Waals surface area contributed by atoms with Gasteiger partial charge in [0.2, 0.25) is 0 Å². The lowest BCUT2D eigenvalue weighted by atomic mass is 9.96. The quantitative estimate of drug-likeness (QED) is 0.469. The van der Waals surface area contributed by atoms with Gasteiger partial charge in [0, 0.05) is 61.1 Å². The largest absolute Gasteiger partial charge is 0.352 e. The second-order valence-corrected chi connectivity index (χ2v) is 11.9. The zero-order chi connectivity index (χ0) is 26.3. The van der Waals surface area contributed by atoms with Gasteiger partial charge in [0.15, 0.2) is 0 Å². The van der Waals surface area contributed by atoms with Crippen LogP contribution >= 0.6 is 0 Å². The smallest absolute Gasteiger partial charge is 0.128 e. The molecule has 5 heteroatoms. The number of allylic oxidation sites excluding steroid dienone is 6. The van der Waals surface area contributed by atoms with Crippen LogP contribution < -0.4 is 4.90 Å². The number of anilines is 1. The molecule has 39 heavy (non-hydrogen) atoms. The summed E-state index contributed by atoms with van der Waals surface area (Å²) in [6.45, 7) is 9.38. The van der Waals surface area contributed by atoms with Gasteiger partial charge in [0.25, 0.3) is 0 Å². The lowest BCUT2D eigenvalue weighted by Gasteiger charge is -2.31. The first kappa shape index (κ1) is 24.6. The molecule has 0 amide bonds. The third kappa shape index (κ3) is 4.67. The van der Waals surface area contributed by atoms with Crippen molar-refractivity contribution < 1.29 is 0 Å². The van der Waals surface area contributed by atoms with Crippen LogP contribution in [0.4, 0.5) is 5.82 Å². The third-order valence-electron chi connectivity index (χ3n) is 9.23. The fraction of sp³-hybridized carbons (Fsp3) is 0.412. The molecule has 0 radical (unpaired) electrons. The monoisotopic (exact) mass is 517 g/mol. The van der Waals surface area contributed by atoms with Crippen molar-refractivity contribution in [2.45, 2.75) is 58.0 Å². The Labute approximate surface area is 232 Å². The van der Waals surface area contributed by atoms with Crippen LogP contribution in [0.5, 0.6) is 0 Å². The van der Waals surface area contributed by atoms with Crippen LogP contribution in [0.25, 0.3) is 11.1 Å².